The largest absolute Gasteiger partial charge is 0.326 e. The molecule has 0 spiro atoms. The number of hydrogen-bond acceptors (Lipinski definition) is 3. The summed E-state index contributed by atoms with van der Waals surface area (Å²) in [7, 11) is 0. The number of anilines is 3. The highest BCUT2D eigenvalue weighted by molar-refractivity contribution is 9.10. The third-order valence-electron chi connectivity index (χ3n) is 3.98. The summed E-state index contributed by atoms with van der Waals surface area (Å²) in [6, 6.07) is 18.7. The van der Waals surface area contributed by atoms with Crippen LogP contribution in [-0.4, -0.2) is 6.03 Å². The van der Waals surface area contributed by atoms with E-state index in [4.69, 9.17) is 11.6 Å². The van der Waals surface area contributed by atoms with Crippen molar-refractivity contribution >= 4 is 62.6 Å². The summed E-state index contributed by atoms with van der Waals surface area (Å²) in [6.07, 6.45) is 0. The van der Waals surface area contributed by atoms with Gasteiger partial charge in [-0.05, 0) is 91.5 Å². The molecule has 3 aromatic carbocycles. The lowest BCUT2D eigenvalue weighted by Crippen LogP contribution is -2.19. The number of carbonyl (C=O) groups is 1. The third kappa shape index (κ3) is 5.67. The molecule has 0 radical (unpaired) electrons. The summed E-state index contributed by atoms with van der Waals surface area (Å²) in [6.45, 7) is 4.00. The minimum absolute atomic E-state index is 0.285. The summed E-state index contributed by atoms with van der Waals surface area (Å²) in [4.78, 5) is 13.3. The highest BCUT2D eigenvalue weighted by Gasteiger charge is 2.07. The average Bonchev–Trinajstić information content (AvgIpc) is 2.66. The van der Waals surface area contributed by atoms with Gasteiger partial charge in [0.2, 0.25) is 0 Å². The summed E-state index contributed by atoms with van der Waals surface area (Å²) >= 11 is 10.9. The molecule has 0 heterocycles. The topological polar surface area (TPSA) is 53.2 Å². The number of hydrogen-bond donors (Lipinski definition) is 3. The van der Waals surface area contributed by atoms with Crippen molar-refractivity contribution in [3.05, 3.63) is 81.3 Å². The van der Waals surface area contributed by atoms with E-state index in [2.05, 4.69) is 31.3 Å². The van der Waals surface area contributed by atoms with Crippen LogP contribution in [0.2, 0.25) is 5.02 Å². The number of aryl methyl sites for hydroxylation is 2. The van der Waals surface area contributed by atoms with E-state index in [1.165, 1.54) is 11.9 Å². The van der Waals surface area contributed by atoms with Crippen LogP contribution in [0.5, 0.6) is 0 Å². The van der Waals surface area contributed by atoms with Crippen molar-refractivity contribution in [1.29, 1.82) is 0 Å². The summed E-state index contributed by atoms with van der Waals surface area (Å²) in [5.74, 6) is 0. The van der Waals surface area contributed by atoms with E-state index < -0.39 is 0 Å². The van der Waals surface area contributed by atoms with Crippen LogP contribution in [0.1, 0.15) is 11.1 Å². The van der Waals surface area contributed by atoms with Gasteiger partial charge in [-0.3, -0.25) is 0 Å². The maximum absolute atomic E-state index is 12.3. The van der Waals surface area contributed by atoms with Crippen LogP contribution in [0.25, 0.3) is 0 Å². The van der Waals surface area contributed by atoms with Crippen molar-refractivity contribution in [2.45, 2.75) is 18.7 Å². The van der Waals surface area contributed by atoms with Crippen LogP contribution in [-0.2, 0) is 0 Å². The number of rotatable bonds is 5. The smallest absolute Gasteiger partial charge is 0.323 e. The fraction of sp³-hybridized carbons (Fsp3) is 0.0952. The Hall–Kier alpha value is -2.15. The second-order valence-corrected chi connectivity index (χ2v) is 8.37. The predicted molar refractivity (Wildman–Crippen MR) is 124 cm³/mol. The van der Waals surface area contributed by atoms with Gasteiger partial charge in [0.15, 0.2) is 0 Å². The molecule has 144 valence electrons. The predicted octanol–water partition coefficient (Wildman–Crippen LogP) is 7.48. The fourth-order valence-electron chi connectivity index (χ4n) is 2.44. The Labute approximate surface area is 182 Å². The van der Waals surface area contributed by atoms with E-state index in [0.717, 1.165) is 37.6 Å². The average molecular weight is 477 g/mol. The molecule has 7 heteroatoms. The number of benzene rings is 3. The molecule has 0 bridgehead atoms. The maximum Gasteiger partial charge on any atom is 0.323 e. The number of halogens is 2. The Kier molecular flexibility index (Phi) is 6.88. The number of urea groups is 1. The zero-order valence-corrected chi connectivity index (χ0v) is 18.5. The number of amides is 2. The third-order valence-corrected chi connectivity index (χ3v) is 6.12. The van der Waals surface area contributed by atoms with Gasteiger partial charge in [-0.15, -0.1) is 0 Å². The Bertz CT molecular complexity index is 995. The molecule has 0 aliphatic heterocycles. The molecule has 0 fully saturated rings. The van der Waals surface area contributed by atoms with Crippen LogP contribution in [0.15, 0.2) is 70.0 Å². The first-order valence-electron chi connectivity index (χ1n) is 8.54. The molecule has 0 unspecified atom stereocenters. The van der Waals surface area contributed by atoms with Gasteiger partial charge in [0.1, 0.15) is 0 Å². The van der Waals surface area contributed by atoms with Crippen molar-refractivity contribution in [2.75, 3.05) is 15.4 Å². The highest BCUT2D eigenvalue weighted by atomic mass is 79.9. The fourth-order valence-corrected chi connectivity index (χ4v) is 3.59. The van der Waals surface area contributed by atoms with Crippen molar-refractivity contribution in [1.82, 2.24) is 0 Å². The van der Waals surface area contributed by atoms with Crippen molar-refractivity contribution in [3.8, 4) is 0 Å². The molecule has 4 nitrogen and oxygen atoms in total. The van der Waals surface area contributed by atoms with Gasteiger partial charge < -0.3 is 15.4 Å². The van der Waals surface area contributed by atoms with Crippen LogP contribution in [0.4, 0.5) is 21.9 Å². The molecular formula is C21H19BrClN3OS. The Morgan fingerprint density at radius 1 is 0.857 bits per heavy atom. The van der Waals surface area contributed by atoms with E-state index >= 15 is 0 Å². The summed E-state index contributed by atoms with van der Waals surface area (Å²) in [5.41, 5.74) is 4.58. The van der Waals surface area contributed by atoms with E-state index in [1.807, 2.05) is 74.5 Å². The molecular weight excluding hydrogens is 458 g/mol. The molecule has 3 aromatic rings. The first kappa shape index (κ1) is 20.6. The van der Waals surface area contributed by atoms with E-state index in [1.54, 1.807) is 0 Å². The SMILES string of the molecule is Cc1cc(NC(=O)Nc2ccc(C)c(SNc3ccc(Cl)cc3)c2)ccc1Br. The summed E-state index contributed by atoms with van der Waals surface area (Å²) < 4.78 is 4.29. The zero-order valence-electron chi connectivity index (χ0n) is 15.3. The molecule has 0 saturated carbocycles. The Morgan fingerprint density at radius 2 is 1.46 bits per heavy atom. The minimum atomic E-state index is -0.285. The summed E-state index contributed by atoms with van der Waals surface area (Å²) in [5, 5.41) is 6.43. The molecule has 0 aromatic heterocycles. The molecule has 2 amide bonds. The van der Waals surface area contributed by atoms with E-state index in [-0.39, 0.29) is 6.03 Å². The molecule has 0 atom stereocenters. The normalized spacial score (nSPS) is 10.4. The van der Waals surface area contributed by atoms with Crippen molar-refractivity contribution in [3.63, 3.8) is 0 Å². The lowest BCUT2D eigenvalue weighted by molar-refractivity contribution is 0.262. The lowest BCUT2D eigenvalue weighted by Gasteiger charge is -2.12. The first-order chi connectivity index (χ1) is 13.4. The zero-order chi connectivity index (χ0) is 20.1. The number of nitrogens with one attached hydrogen (secondary N) is 3. The van der Waals surface area contributed by atoms with Crippen LogP contribution in [0.3, 0.4) is 0 Å². The Morgan fingerprint density at radius 3 is 2.14 bits per heavy atom. The molecule has 0 aliphatic rings. The van der Waals surface area contributed by atoms with Crippen molar-refractivity contribution < 1.29 is 4.79 Å². The van der Waals surface area contributed by atoms with Gasteiger partial charge in [0.25, 0.3) is 0 Å². The van der Waals surface area contributed by atoms with Gasteiger partial charge in [-0.2, -0.15) is 0 Å². The Balaban J connectivity index is 1.63. The highest BCUT2D eigenvalue weighted by Crippen LogP contribution is 2.28. The van der Waals surface area contributed by atoms with E-state index in [9.17, 15) is 4.79 Å². The molecule has 3 rings (SSSR count). The maximum atomic E-state index is 12.3. The molecule has 0 saturated heterocycles. The first-order valence-corrected chi connectivity index (χ1v) is 10.5. The molecule has 28 heavy (non-hydrogen) atoms. The quantitative estimate of drug-likeness (QED) is 0.334. The van der Waals surface area contributed by atoms with Gasteiger partial charge in [0.05, 0.1) is 0 Å². The van der Waals surface area contributed by atoms with Gasteiger partial charge in [-0.1, -0.05) is 33.6 Å². The lowest BCUT2D eigenvalue weighted by atomic mass is 10.2. The minimum Gasteiger partial charge on any atom is -0.326 e. The van der Waals surface area contributed by atoms with Crippen LogP contribution < -0.4 is 15.4 Å². The van der Waals surface area contributed by atoms with E-state index in [0.29, 0.717) is 5.02 Å². The van der Waals surface area contributed by atoms with Crippen LogP contribution in [0, 0.1) is 13.8 Å². The van der Waals surface area contributed by atoms with Gasteiger partial charge in [-0.25, -0.2) is 4.79 Å². The molecule has 0 aliphatic carbocycles. The second kappa shape index (κ2) is 9.37. The number of carbonyl (C=O) groups excluding carboxylic acids is 1. The molecule has 3 N–H and O–H groups in total. The standard InChI is InChI=1S/C21H19BrClN3OS/c1-13-3-6-18(12-20(13)28-26-16-7-4-15(23)5-8-16)25-21(27)24-17-9-10-19(22)14(2)11-17/h3-12,26H,1-2H3,(H2,24,25,27). The van der Waals surface area contributed by atoms with Gasteiger partial charge >= 0.3 is 6.03 Å². The van der Waals surface area contributed by atoms with Gasteiger partial charge in [0, 0.05) is 31.5 Å². The van der Waals surface area contributed by atoms with Crippen LogP contribution >= 0.6 is 39.5 Å². The van der Waals surface area contributed by atoms with Crippen molar-refractivity contribution in [2.24, 2.45) is 0 Å². The second-order valence-electron chi connectivity index (χ2n) is 6.23. The monoisotopic (exact) mass is 475 g/mol.